The van der Waals surface area contributed by atoms with Crippen molar-refractivity contribution in [3.8, 4) is 0 Å². The van der Waals surface area contributed by atoms with E-state index >= 15 is 0 Å². The van der Waals surface area contributed by atoms with E-state index < -0.39 is 0 Å². The molecule has 1 aromatic heterocycles. The molecule has 2 heterocycles. The SMILES string of the molecule is CCCCCn1cncc1C1CCCNC1. The number of hydrogen-bond donors (Lipinski definition) is 1. The minimum atomic E-state index is 0.679. The predicted octanol–water partition coefficient (Wildman–Crippen LogP) is 2.54. The molecule has 0 bridgehead atoms. The number of piperidine rings is 1. The fourth-order valence-electron chi connectivity index (χ4n) is 2.49. The molecule has 1 unspecified atom stereocenters. The summed E-state index contributed by atoms with van der Waals surface area (Å²) in [5, 5.41) is 3.48. The Bertz CT molecular complexity index is 300. The maximum absolute atomic E-state index is 4.31. The highest BCUT2D eigenvalue weighted by atomic mass is 15.1. The molecule has 2 rings (SSSR count). The Hall–Kier alpha value is -0.830. The lowest BCUT2D eigenvalue weighted by Gasteiger charge is -2.23. The molecule has 0 aliphatic carbocycles. The molecule has 0 amide bonds. The van der Waals surface area contributed by atoms with Crippen molar-refractivity contribution in [3.63, 3.8) is 0 Å². The van der Waals surface area contributed by atoms with Crippen molar-refractivity contribution in [1.82, 2.24) is 14.9 Å². The van der Waals surface area contributed by atoms with E-state index in [1.165, 1.54) is 44.3 Å². The highest BCUT2D eigenvalue weighted by molar-refractivity contribution is 5.08. The largest absolute Gasteiger partial charge is 0.334 e. The van der Waals surface area contributed by atoms with Gasteiger partial charge < -0.3 is 9.88 Å². The number of hydrogen-bond acceptors (Lipinski definition) is 2. The fraction of sp³-hybridized carbons (Fsp3) is 0.769. The van der Waals surface area contributed by atoms with Gasteiger partial charge in [-0.15, -0.1) is 0 Å². The van der Waals surface area contributed by atoms with Crippen LogP contribution in [-0.2, 0) is 6.54 Å². The Balaban J connectivity index is 1.94. The van der Waals surface area contributed by atoms with E-state index in [1.807, 2.05) is 6.33 Å². The van der Waals surface area contributed by atoms with E-state index in [0.29, 0.717) is 5.92 Å². The molecule has 0 spiro atoms. The third-order valence-corrected chi connectivity index (χ3v) is 3.46. The van der Waals surface area contributed by atoms with Gasteiger partial charge in [0.15, 0.2) is 0 Å². The highest BCUT2D eigenvalue weighted by Crippen LogP contribution is 2.23. The Morgan fingerprint density at radius 3 is 3.19 bits per heavy atom. The minimum absolute atomic E-state index is 0.679. The second-order valence-electron chi connectivity index (χ2n) is 4.76. The van der Waals surface area contributed by atoms with E-state index in [1.54, 1.807) is 0 Å². The number of nitrogens with zero attached hydrogens (tertiary/aromatic N) is 2. The first-order valence-corrected chi connectivity index (χ1v) is 6.62. The Morgan fingerprint density at radius 2 is 2.44 bits per heavy atom. The topological polar surface area (TPSA) is 29.9 Å². The van der Waals surface area contributed by atoms with Gasteiger partial charge in [-0.1, -0.05) is 19.8 Å². The van der Waals surface area contributed by atoms with Crippen LogP contribution < -0.4 is 5.32 Å². The van der Waals surface area contributed by atoms with Crippen LogP contribution in [0.1, 0.15) is 50.6 Å². The molecule has 90 valence electrons. The molecule has 0 aromatic carbocycles. The van der Waals surface area contributed by atoms with Crippen LogP contribution >= 0.6 is 0 Å². The van der Waals surface area contributed by atoms with Gasteiger partial charge in [0, 0.05) is 30.9 Å². The third-order valence-electron chi connectivity index (χ3n) is 3.46. The van der Waals surface area contributed by atoms with Gasteiger partial charge in [-0.3, -0.25) is 0 Å². The van der Waals surface area contributed by atoms with Gasteiger partial charge in [0.05, 0.1) is 6.33 Å². The number of imidazole rings is 1. The first kappa shape index (κ1) is 11.6. The fourth-order valence-corrected chi connectivity index (χ4v) is 2.49. The average molecular weight is 221 g/mol. The summed E-state index contributed by atoms with van der Waals surface area (Å²) in [4.78, 5) is 4.31. The highest BCUT2D eigenvalue weighted by Gasteiger charge is 2.18. The normalized spacial score (nSPS) is 21.2. The minimum Gasteiger partial charge on any atom is -0.334 e. The van der Waals surface area contributed by atoms with Gasteiger partial charge in [0.25, 0.3) is 0 Å². The van der Waals surface area contributed by atoms with Crippen LogP contribution in [0.15, 0.2) is 12.5 Å². The first-order chi connectivity index (χ1) is 7.92. The van der Waals surface area contributed by atoms with Crippen LogP contribution in [0, 0.1) is 0 Å². The molecular weight excluding hydrogens is 198 g/mol. The molecule has 3 heteroatoms. The predicted molar refractivity (Wildman–Crippen MR) is 66.6 cm³/mol. The summed E-state index contributed by atoms with van der Waals surface area (Å²) < 4.78 is 2.35. The van der Waals surface area contributed by atoms with Crippen molar-refractivity contribution in [2.24, 2.45) is 0 Å². The first-order valence-electron chi connectivity index (χ1n) is 6.62. The molecular formula is C13H23N3. The van der Waals surface area contributed by atoms with Gasteiger partial charge >= 0.3 is 0 Å². The molecule has 16 heavy (non-hydrogen) atoms. The lowest BCUT2D eigenvalue weighted by Crippen LogP contribution is -2.29. The van der Waals surface area contributed by atoms with Crippen molar-refractivity contribution < 1.29 is 0 Å². The van der Waals surface area contributed by atoms with Crippen molar-refractivity contribution in [2.75, 3.05) is 13.1 Å². The summed E-state index contributed by atoms with van der Waals surface area (Å²) in [5.74, 6) is 0.679. The van der Waals surface area contributed by atoms with Crippen LogP contribution in [0.25, 0.3) is 0 Å². The Morgan fingerprint density at radius 1 is 1.50 bits per heavy atom. The van der Waals surface area contributed by atoms with Gasteiger partial charge in [0.2, 0.25) is 0 Å². The molecule has 1 saturated heterocycles. The van der Waals surface area contributed by atoms with Crippen LogP contribution in [0.4, 0.5) is 0 Å². The van der Waals surface area contributed by atoms with Gasteiger partial charge in [0.1, 0.15) is 0 Å². The number of aromatic nitrogens is 2. The zero-order valence-corrected chi connectivity index (χ0v) is 10.3. The standard InChI is InChI=1S/C13H23N3/c1-2-3-4-8-16-11-15-10-13(16)12-6-5-7-14-9-12/h10-12,14H,2-9H2,1H3. The van der Waals surface area contributed by atoms with Crippen LogP contribution in [0.2, 0.25) is 0 Å². The quantitative estimate of drug-likeness (QED) is 0.774. The smallest absolute Gasteiger partial charge is 0.0948 e. The Kier molecular flexibility index (Phi) is 4.40. The maximum Gasteiger partial charge on any atom is 0.0948 e. The molecule has 1 aliphatic rings. The van der Waals surface area contributed by atoms with E-state index in [0.717, 1.165) is 13.1 Å². The van der Waals surface area contributed by atoms with Gasteiger partial charge in [-0.2, -0.15) is 0 Å². The van der Waals surface area contributed by atoms with E-state index in [-0.39, 0.29) is 0 Å². The molecule has 1 aromatic rings. The molecule has 0 saturated carbocycles. The summed E-state index contributed by atoms with van der Waals surface area (Å²) in [6.07, 6.45) is 10.6. The Labute approximate surface area is 98.3 Å². The number of unbranched alkanes of at least 4 members (excludes halogenated alkanes) is 2. The molecule has 1 N–H and O–H groups in total. The van der Waals surface area contributed by atoms with Crippen LogP contribution in [0.5, 0.6) is 0 Å². The van der Waals surface area contributed by atoms with Crippen molar-refractivity contribution in [2.45, 2.75) is 51.5 Å². The molecule has 0 radical (unpaired) electrons. The molecule has 1 fully saturated rings. The second kappa shape index (κ2) is 6.04. The summed E-state index contributed by atoms with van der Waals surface area (Å²) in [7, 11) is 0. The summed E-state index contributed by atoms with van der Waals surface area (Å²) in [5.41, 5.74) is 1.43. The summed E-state index contributed by atoms with van der Waals surface area (Å²) in [6.45, 7) is 5.69. The average Bonchev–Trinajstić information content (AvgIpc) is 2.79. The second-order valence-corrected chi connectivity index (χ2v) is 4.76. The van der Waals surface area contributed by atoms with Crippen LogP contribution in [-0.4, -0.2) is 22.6 Å². The zero-order valence-electron chi connectivity index (χ0n) is 10.3. The van der Waals surface area contributed by atoms with E-state index in [9.17, 15) is 0 Å². The van der Waals surface area contributed by atoms with Gasteiger partial charge in [-0.05, 0) is 25.8 Å². The lowest BCUT2D eigenvalue weighted by atomic mass is 9.96. The van der Waals surface area contributed by atoms with Crippen molar-refractivity contribution in [1.29, 1.82) is 0 Å². The number of rotatable bonds is 5. The van der Waals surface area contributed by atoms with E-state index in [4.69, 9.17) is 0 Å². The molecule has 1 atom stereocenters. The third kappa shape index (κ3) is 2.85. The summed E-state index contributed by atoms with van der Waals surface area (Å²) in [6, 6.07) is 0. The lowest BCUT2D eigenvalue weighted by molar-refractivity contribution is 0.437. The summed E-state index contributed by atoms with van der Waals surface area (Å²) >= 11 is 0. The van der Waals surface area contributed by atoms with Crippen LogP contribution in [0.3, 0.4) is 0 Å². The molecule has 3 nitrogen and oxygen atoms in total. The zero-order chi connectivity index (χ0) is 11.2. The van der Waals surface area contributed by atoms with Crippen molar-refractivity contribution >= 4 is 0 Å². The number of aryl methyl sites for hydroxylation is 1. The molecule has 1 aliphatic heterocycles. The monoisotopic (exact) mass is 221 g/mol. The maximum atomic E-state index is 4.31. The number of nitrogens with one attached hydrogen (secondary N) is 1. The van der Waals surface area contributed by atoms with E-state index in [2.05, 4.69) is 28.0 Å². The van der Waals surface area contributed by atoms with Crippen molar-refractivity contribution in [3.05, 3.63) is 18.2 Å². The van der Waals surface area contributed by atoms with Gasteiger partial charge in [-0.25, -0.2) is 4.98 Å².